The van der Waals surface area contributed by atoms with Gasteiger partial charge >= 0.3 is 0 Å². The second-order valence-corrected chi connectivity index (χ2v) is 10.3. The second kappa shape index (κ2) is 9.71. The van der Waals surface area contributed by atoms with Crippen LogP contribution in [-0.4, -0.2) is 46.4 Å². The van der Waals surface area contributed by atoms with Gasteiger partial charge in [-0.3, -0.25) is 0 Å². The summed E-state index contributed by atoms with van der Waals surface area (Å²) in [4.78, 5) is 3.78. The molecular formula is C26H27F2N5O2S. The largest absolute Gasteiger partial charge is 0.378 e. The first kappa shape index (κ1) is 25.3. The van der Waals surface area contributed by atoms with Crippen LogP contribution < -0.4 is 14.9 Å². The van der Waals surface area contributed by atoms with Gasteiger partial charge in [0, 0.05) is 50.7 Å². The minimum absolute atomic E-state index is 0.0707. The number of alkyl halides is 2. The van der Waals surface area contributed by atoms with Crippen molar-refractivity contribution < 1.29 is 17.2 Å². The molecule has 2 N–H and O–H groups in total. The number of rotatable bonds is 7. The highest BCUT2D eigenvalue weighted by atomic mass is 32.2. The van der Waals surface area contributed by atoms with E-state index in [4.69, 9.17) is 5.14 Å². The van der Waals surface area contributed by atoms with Crippen LogP contribution in [0.3, 0.4) is 0 Å². The molecule has 0 bridgehead atoms. The van der Waals surface area contributed by atoms with E-state index >= 15 is 0 Å². The molecule has 0 fully saturated rings. The van der Waals surface area contributed by atoms with E-state index in [1.165, 1.54) is 16.8 Å². The number of anilines is 2. The van der Waals surface area contributed by atoms with Crippen LogP contribution in [0.25, 0.3) is 28.1 Å². The van der Waals surface area contributed by atoms with Crippen LogP contribution in [0.4, 0.5) is 20.2 Å². The fourth-order valence-electron chi connectivity index (χ4n) is 3.95. The van der Waals surface area contributed by atoms with Gasteiger partial charge in [-0.1, -0.05) is 24.3 Å². The molecule has 0 amide bonds. The number of hydrogen-bond acceptors (Lipinski definition) is 5. The number of sulfonamides is 1. The molecule has 1 aromatic heterocycles. The molecule has 0 saturated heterocycles. The zero-order chi connectivity index (χ0) is 26.2. The molecule has 10 heteroatoms. The van der Waals surface area contributed by atoms with Crippen molar-refractivity contribution in [1.29, 1.82) is 0 Å². The van der Waals surface area contributed by atoms with Crippen molar-refractivity contribution in [3.63, 3.8) is 0 Å². The van der Waals surface area contributed by atoms with Crippen LogP contribution in [0, 0.1) is 0 Å². The molecule has 0 atom stereocenters. The van der Waals surface area contributed by atoms with Gasteiger partial charge in [-0.25, -0.2) is 27.0 Å². The van der Waals surface area contributed by atoms with Crippen LogP contribution in [0.1, 0.15) is 12.1 Å². The quantitative estimate of drug-likeness (QED) is 0.381. The smallest absolute Gasteiger partial charge is 0.282 e. The Balaban J connectivity index is 2.00. The maximum absolute atomic E-state index is 14.3. The molecule has 4 rings (SSSR count). The van der Waals surface area contributed by atoms with Crippen molar-refractivity contribution in [2.24, 2.45) is 5.14 Å². The Morgan fingerprint density at radius 1 is 0.778 bits per heavy atom. The van der Waals surface area contributed by atoms with E-state index in [2.05, 4.69) is 5.10 Å². The third-order valence-electron chi connectivity index (χ3n) is 5.86. The van der Waals surface area contributed by atoms with Gasteiger partial charge in [-0.2, -0.15) is 5.10 Å². The molecule has 0 spiro atoms. The van der Waals surface area contributed by atoms with Crippen molar-refractivity contribution >= 4 is 21.4 Å². The van der Waals surface area contributed by atoms with Crippen molar-refractivity contribution in [1.82, 2.24) is 9.78 Å². The lowest BCUT2D eigenvalue weighted by Gasteiger charge is -2.15. The monoisotopic (exact) mass is 511 g/mol. The van der Waals surface area contributed by atoms with Gasteiger partial charge in [0.15, 0.2) is 0 Å². The predicted molar refractivity (Wildman–Crippen MR) is 139 cm³/mol. The maximum atomic E-state index is 14.3. The number of hydrogen-bond donors (Lipinski definition) is 1. The maximum Gasteiger partial charge on any atom is 0.282 e. The molecular weight excluding hydrogens is 484 g/mol. The fraction of sp³-hybridized carbons (Fsp3) is 0.192. The average molecular weight is 512 g/mol. The summed E-state index contributed by atoms with van der Waals surface area (Å²) in [5.41, 5.74) is 3.86. The zero-order valence-corrected chi connectivity index (χ0v) is 21.2. The molecule has 1 heterocycles. The molecule has 188 valence electrons. The lowest BCUT2D eigenvalue weighted by atomic mass is 9.98. The highest BCUT2D eigenvalue weighted by molar-refractivity contribution is 7.89. The molecule has 0 aliphatic rings. The first-order valence-electron chi connectivity index (χ1n) is 11.1. The van der Waals surface area contributed by atoms with E-state index in [1.54, 1.807) is 36.4 Å². The Hall–Kier alpha value is -3.76. The van der Waals surface area contributed by atoms with Gasteiger partial charge in [-0.05, 0) is 54.1 Å². The molecule has 0 radical (unpaired) electrons. The molecule has 36 heavy (non-hydrogen) atoms. The highest BCUT2D eigenvalue weighted by Crippen LogP contribution is 2.41. The van der Waals surface area contributed by atoms with Crippen molar-refractivity contribution in [2.75, 3.05) is 38.0 Å². The van der Waals surface area contributed by atoms with Gasteiger partial charge in [0.1, 0.15) is 5.69 Å². The van der Waals surface area contributed by atoms with Crippen LogP contribution in [0.2, 0.25) is 0 Å². The number of nitrogens with zero attached hydrogens (tertiary/aromatic N) is 4. The summed E-state index contributed by atoms with van der Waals surface area (Å²) in [6.07, 6.45) is -2.83. The standard InChI is InChI=1S/C26H27F2N5O2S/c1-31(2)19-9-5-17(6-10-19)23-24(26(27)28)30-33(21-13-11-20(12-14-21)32(3)4)25(23)18-7-15-22(16-8-18)36(29,34)35/h5-16,26H,1-4H3,(H2,29,34,35). The third kappa shape index (κ3) is 4.95. The van der Waals surface area contributed by atoms with Crippen LogP contribution in [0.5, 0.6) is 0 Å². The zero-order valence-electron chi connectivity index (χ0n) is 20.4. The highest BCUT2D eigenvalue weighted by Gasteiger charge is 2.27. The first-order valence-corrected chi connectivity index (χ1v) is 12.6. The van der Waals surface area contributed by atoms with E-state index in [9.17, 15) is 17.2 Å². The first-order chi connectivity index (χ1) is 17.0. The molecule has 7 nitrogen and oxygen atoms in total. The molecule has 0 aliphatic heterocycles. The number of halogens is 2. The number of nitrogens with two attached hydrogens (primary N) is 1. The van der Waals surface area contributed by atoms with E-state index in [-0.39, 0.29) is 16.2 Å². The van der Waals surface area contributed by atoms with Gasteiger partial charge in [0.05, 0.1) is 16.3 Å². The lowest BCUT2D eigenvalue weighted by Crippen LogP contribution is -2.11. The van der Waals surface area contributed by atoms with Crippen molar-refractivity contribution in [2.45, 2.75) is 11.3 Å². The minimum Gasteiger partial charge on any atom is -0.378 e. The summed E-state index contributed by atoms with van der Waals surface area (Å²) in [7, 11) is 3.70. The summed E-state index contributed by atoms with van der Waals surface area (Å²) >= 11 is 0. The lowest BCUT2D eigenvalue weighted by molar-refractivity contribution is 0.146. The summed E-state index contributed by atoms with van der Waals surface area (Å²) in [6, 6.07) is 20.4. The molecule has 0 aliphatic carbocycles. The Morgan fingerprint density at radius 2 is 1.25 bits per heavy atom. The summed E-state index contributed by atoms with van der Waals surface area (Å²) in [6.45, 7) is 0. The van der Waals surface area contributed by atoms with Crippen LogP contribution in [-0.2, 0) is 10.0 Å². The fourth-order valence-corrected chi connectivity index (χ4v) is 4.46. The molecule has 3 aromatic carbocycles. The number of primary sulfonamides is 1. The Morgan fingerprint density at radius 3 is 1.69 bits per heavy atom. The predicted octanol–water partition coefficient (Wildman–Crippen LogP) is 4.92. The Labute approximate surface area is 209 Å². The van der Waals surface area contributed by atoms with Crippen LogP contribution in [0.15, 0.2) is 77.7 Å². The van der Waals surface area contributed by atoms with Gasteiger partial charge in [0.25, 0.3) is 6.43 Å². The van der Waals surface area contributed by atoms with Crippen molar-refractivity contribution in [3.05, 3.63) is 78.5 Å². The van der Waals surface area contributed by atoms with Gasteiger partial charge in [-0.15, -0.1) is 0 Å². The topological polar surface area (TPSA) is 84.5 Å². The Kier molecular flexibility index (Phi) is 6.83. The third-order valence-corrected chi connectivity index (χ3v) is 6.79. The molecule has 0 saturated carbocycles. The molecule has 4 aromatic rings. The van der Waals surface area contributed by atoms with E-state index in [1.807, 2.05) is 62.3 Å². The van der Waals surface area contributed by atoms with E-state index in [0.717, 1.165) is 11.4 Å². The number of aromatic nitrogens is 2. The SMILES string of the molecule is CN(C)c1ccc(-c2c(C(F)F)nn(-c3ccc(N(C)C)cc3)c2-c2ccc(S(N)(=O)=O)cc2)cc1. The van der Waals surface area contributed by atoms with Gasteiger partial charge in [0.2, 0.25) is 10.0 Å². The molecule has 0 unspecified atom stereocenters. The Bertz CT molecular complexity index is 1460. The summed E-state index contributed by atoms with van der Waals surface area (Å²) < 4.78 is 53.7. The van der Waals surface area contributed by atoms with E-state index in [0.29, 0.717) is 22.5 Å². The second-order valence-electron chi connectivity index (χ2n) is 8.74. The van der Waals surface area contributed by atoms with Crippen LogP contribution >= 0.6 is 0 Å². The van der Waals surface area contributed by atoms with Crippen molar-refractivity contribution in [3.8, 4) is 28.1 Å². The van der Waals surface area contributed by atoms with E-state index < -0.39 is 16.4 Å². The summed E-state index contributed by atoms with van der Waals surface area (Å²) in [5, 5.41) is 9.59. The number of benzene rings is 3. The average Bonchev–Trinajstić information content (AvgIpc) is 3.24. The summed E-state index contributed by atoms with van der Waals surface area (Å²) in [5.74, 6) is 0. The van der Waals surface area contributed by atoms with Gasteiger partial charge < -0.3 is 9.80 Å². The minimum atomic E-state index is -3.91. The normalized spacial score (nSPS) is 11.7.